The summed E-state index contributed by atoms with van der Waals surface area (Å²) in [6.45, 7) is 3.04. The van der Waals surface area contributed by atoms with Gasteiger partial charge in [0.15, 0.2) is 0 Å². The number of hydrogen-bond donors (Lipinski definition) is 1. The fourth-order valence-electron chi connectivity index (χ4n) is 3.98. The van der Waals surface area contributed by atoms with Gasteiger partial charge in [0.25, 0.3) is 0 Å². The number of carbonyl (C=O) groups is 1. The maximum atomic E-state index is 13.1. The minimum Gasteiger partial charge on any atom is -0.508 e. The maximum absolute atomic E-state index is 13.1. The van der Waals surface area contributed by atoms with Crippen LogP contribution in [0.3, 0.4) is 0 Å². The van der Waals surface area contributed by atoms with Gasteiger partial charge < -0.3 is 14.9 Å². The molecule has 1 fully saturated rings. The van der Waals surface area contributed by atoms with Crippen LogP contribution < -0.4 is 4.90 Å². The Kier molecular flexibility index (Phi) is 5.80. The molecule has 29 heavy (non-hydrogen) atoms. The second-order valence-electron chi connectivity index (χ2n) is 7.46. The molecule has 0 spiro atoms. The summed E-state index contributed by atoms with van der Waals surface area (Å²) in [6.07, 6.45) is 0.479. The molecule has 0 saturated carbocycles. The summed E-state index contributed by atoms with van der Waals surface area (Å²) in [7, 11) is 0. The highest BCUT2D eigenvalue weighted by Gasteiger charge is 2.25. The number of rotatable bonds is 5. The van der Waals surface area contributed by atoms with Crippen LogP contribution >= 0.6 is 0 Å². The lowest BCUT2D eigenvalue weighted by molar-refractivity contribution is -0.131. The van der Waals surface area contributed by atoms with Crippen molar-refractivity contribution in [1.82, 2.24) is 4.90 Å². The van der Waals surface area contributed by atoms with E-state index in [1.807, 2.05) is 53.4 Å². The second kappa shape index (κ2) is 8.82. The molecule has 148 valence electrons. The molecule has 0 bridgehead atoms. The maximum Gasteiger partial charge on any atom is 0.223 e. The van der Waals surface area contributed by atoms with Crippen LogP contribution in [0.1, 0.15) is 23.5 Å². The number of hydrogen-bond acceptors (Lipinski definition) is 3. The van der Waals surface area contributed by atoms with Crippen molar-refractivity contribution in [3.05, 3.63) is 96.1 Å². The Bertz CT molecular complexity index is 879. The fraction of sp³-hybridized carbons (Fsp3) is 0.240. The molecule has 3 aromatic rings. The fourth-order valence-corrected chi connectivity index (χ4v) is 3.98. The van der Waals surface area contributed by atoms with Crippen molar-refractivity contribution >= 4 is 11.6 Å². The van der Waals surface area contributed by atoms with Gasteiger partial charge >= 0.3 is 0 Å². The van der Waals surface area contributed by atoms with Gasteiger partial charge in [0, 0.05) is 44.2 Å². The first kappa shape index (κ1) is 19.1. The van der Waals surface area contributed by atoms with Crippen LogP contribution in [0.5, 0.6) is 5.75 Å². The lowest BCUT2D eigenvalue weighted by Crippen LogP contribution is -2.49. The third-order valence-electron chi connectivity index (χ3n) is 5.63. The molecule has 0 aliphatic carbocycles. The van der Waals surface area contributed by atoms with E-state index in [1.54, 1.807) is 12.1 Å². The highest BCUT2D eigenvalue weighted by atomic mass is 16.3. The van der Waals surface area contributed by atoms with E-state index in [1.165, 1.54) is 11.1 Å². The number of piperazine rings is 1. The zero-order valence-electron chi connectivity index (χ0n) is 16.4. The van der Waals surface area contributed by atoms with Crippen LogP contribution in [0.15, 0.2) is 84.9 Å². The van der Waals surface area contributed by atoms with E-state index in [0.29, 0.717) is 6.42 Å². The van der Waals surface area contributed by atoms with Crippen LogP contribution in [0.4, 0.5) is 5.69 Å². The number of aromatic hydroxyl groups is 1. The van der Waals surface area contributed by atoms with E-state index in [4.69, 9.17) is 0 Å². The molecule has 1 saturated heterocycles. The zero-order chi connectivity index (χ0) is 20.1. The average molecular weight is 386 g/mol. The molecule has 0 radical (unpaired) electrons. The zero-order valence-corrected chi connectivity index (χ0v) is 16.4. The van der Waals surface area contributed by atoms with Crippen LogP contribution in [0.25, 0.3) is 0 Å². The Balaban J connectivity index is 1.43. The van der Waals surface area contributed by atoms with Gasteiger partial charge in [0.1, 0.15) is 5.75 Å². The van der Waals surface area contributed by atoms with Gasteiger partial charge in [-0.1, -0.05) is 60.7 Å². The van der Waals surface area contributed by atoms with E-state index >= 15 is 0 Å². The summed E-state index contributed by atoms with van der Waals surface area (Å²) < 4.78 is 0. The number of nitrogens with zero attached hydrogens (tertiary/aromatic N) is 2. The third kappa shape index (κ3) is 4.60. The normalized spacial score (nSPS) is 14.2. The predicted octanol–water partition coefficient (Wildman–Crippen LogP) is 4.26. The highest BCUT2D eigenvalue weighted by Crippen LogP contribution is 2.29. The van der Waals surface area contributed by atoms with Gasteiger partial charge in [-0.3, -0.25) is 4.79 Å². The van der Waals surface area contributed by atoms with Crippen molar-refractivity contribution in [3.63, 3.8) is 0 Å². The first-order chi connectivity index (χ1) is 14.2. The largest absolute Gasteiger partial charge is 0.508 e. The van der Waals surface area contributed by atoms with Gasteiger partial charge in [0.2, 0.25) is 5.91 Å². The molecule has 0 aromatic heterocycles. The summed E-state index contributed by atoms with van der Waals surface area (Å²) in [6, 6.07) is 27.8. The van der Waals surface area contributed by atoms with Gasteiger partial charge in [-0.15, -0.1) is 0 Å². The number of benzene rings is 3. The topological polar surface area (TPSA) is 43.8 Å². The molecular weight excluding hydrogens is 360 g/mol. The van der Waals surface area contributed by atoms with Gasteiger partial charge in [-0.2, -0.15) is 0 Å². The van der Waals surface area contributed by atoms with Crippen molar-refractivity contribution in [3.8, 4) is 5.75 Å². The van der Waals surface area contributed by atoms with Crippen LogP contribution in [0.2, 0.25) is 0 Å². The Morgan fingerprint density at radius 1 is 0.759 bits per heavy atom. The molecule has 1 amide bonds. The van der Waals surface area contributed by atoms with E-state index in [9.17, 15) is 9.90 Å². The molecule has 1 N–H and O–H groups in total. The number of phenols is 1. The lowest BCUT2D eigenvalue weighted by atomic mass is 9.88. The molecule has 1 aliphatic heterocycles. The Morgan fingerprint density at radius 2 is 1.28 bits per heavy atom. The summed E-state index contributed by atoms with van der Waals surface area (Å²) in [5, 5.41) is 9.47. The predicted molar refractivity (Wildman–Crippen MR) is 116 cm³/mol. The van der Waals surface area contributed by atoms with Crippen molar-refractivity contribution in [2.75, 3.05) is 31.1 Å². The van der Waals surface area contributed by atoms with Crippen molar-refractivity contribution in [1.29, 1.82) is 0 Å². The second-order valence-corrected chi connectivity index (χ2v) is 7.46. The van der Waals surface area contributed by atoms with Gasteiger partial charge in [-0.25, -0.2) is 0 Å². The summed E-state index contributed by atoms with van der Waals surface area (Å²) in [4.78, 5) is 17.4. The minimum atomic E-state index is 0.0695. The summed E-state index contributed by atoms with van der Waals surface area (Å²) in [5.41, 5.74) is 3.44. The number of amides is 1. The molecule has 4 nitrogen and oxygen atoms in total. The molecule has 0 unspecified atom stereocenters. The van der Waals surface area contributed by atoms with Crippen molar-refractivity contribution in [2.24, 2.45) is 0 Å². The number of phenolic OH excluding ortho intramolecular Hbond substituents is 1. The number of carbonyl (C=O) groups excluding carboxylic acids is 1. The summed E-state index contributed by atoms with van der Waals surface area (Å²) in [5.74, 6) is 0.545. The summed E-state index contributed by atoms with van der Waals surface area (Å²) >= 11 is 0. The molecule has 4 rings (SSSR count). The highest BCUT2D eigenvalue weighted by molar-refractivity contribution is 5.78. The smallest absolute Gasteiger partial charge is 0.223 e. The van der Waals surface area contributed by atoms with Crippen molar-refractivity contribution in [2.45, 2.75) is 12.3 Å². The van der Waals surface area contributed by atoms with Crippen molar-refractivity contribution < 1.29 is 9.90 Å². The van der Waals surface area contributed by atoms with Crippen LogP contribution in [0, 0.1) is 0 Å². The molecule has 1 heterocycles. The first-order valence-electron chi connectivity index (χ1n) is 10.1. The Labute approximate surface area is 172 Å². The standard InChI is InChI=1S/C25H26N2O2/c28-23-13-11-22(12-14-23)26-15-17-27(18-16-26)25(29)19-24(20-7-3-1-4-8-20)21-9-5-2-6-10-21/h1-14,24,28H,15-19H2. The Morgan fingerprint density at radius 3 is 1.79 bits per heavy atom. The lowest BCUT2D eigenvalue weighted by Gasteiger charge is -2.36. The number of anilines is 1. The first-order valence-corrected chi connectivity index (χ1v) is 10.1. The molecule has 0 atom stereocenters. The van der Waals surface area contributed by atoms with E-state index in [-0.39, 0.29) is 17.6 Å². The van der Waals surface area contributed by atoms with Crippen LogP contribution in [-0.2, 0) is 4.79 Å². The van der Waals surface area contributed by atoms with E-state index in [2.05, 4.69) is 29.2 Å². The molecule has 1 aliphatic rings. The monoisotopic (exact) mass is 386 g/mol. The molecule has 3 aromatic carbocycles. The molecular formula is C25H26N2O2. The quantitative estimate of drug-likeness (QED) is 0.712. The minimum absolute atomic E-state index is 0.0695. The third-order valence-corrected chi connectivity index (χ3v) is 5.63. The van der Waals surface area contributed by atoms with Gasteiger partial charge in [-0.05, 0) is 35.4 Å². The SMILES string of the molecule is O=C(CC(c1ccccc1)c1ccccc1)N1CCN(c2ccc(O)cc2)CC1. The van der Waals surface area contributed by atoms with E-state index < -0.39 is 0 Å². The van der Waals surface area contributed by atoms with E-state index in [0.717, 1.165) is 31.9 Å². The Hall–Kier alpha value is -3.27. The average Bonchev–Trinajstić information content (AvgIpc) is 2.79. The molecule has 4 heteroatoms. The van der Waals surface area contributed by atoms with Gasteiger partial charge in [0.05, 0.1) is 0 Å². The van der Waals surface area contributed by atoms with Crippen LogP contribution in [-0.4, -0.2) is 42.1 Å².